The van der Waals surface area contributed by atoms with Gasteiger partial charge in [-0.05, 0) is 0 Å². The van der Waals surface area contributed by atoms with Crippen LogP contribution >= 0.6 is 17.2 Å². The molecule has 0 aliphatic rings. The molecule has 0 radical (unpaired) electrons. The maximum absolute atomic E-state index is 5.74. The molecule has 29 heavy (non-hydrogen) atoms. The summed E-state index contributed by atoms with van der Waals surface area (Å²) in [6.07, 6.45) is 0. The molecule has 0 saturated heterocycles. The van der Waals surface area contributed by atoms with Crippen LogP contribution in [0, 0.1) is 7.43 Å². The quantitative estimate of drug-likeness (QED) is 0.137. The summed E-state index contributed by atoms with van der Waals surface area (Å²) in [6, 6.07) is 39.3. The van der Waals surface area contributed by atoms with Crippen molar-refractivity contribution in [2.45, 2.75) is 0 Å². The summed E-state index contributed by atoms with van der Waals surface area (Å²) in [4.78, 5) is 0. The van der Waals surface area contributed by atoms with Crippen molar-refractivity contribution >= 4 is 42.5 Å². The average Bonchev–Trinajstić information content (AvgIpc) is 3.38. The maximum Gasteiger partial charge on any atom is -0.0809 e. The van der Waals surface area contributed by atoms with Crippen molar-refractivity contribution in [1.29, 1.82) is 0 Å². The van der Waals surface area contributed by atoms with Crippen molar-refractivity contribution in [2.24, 2.45) is 0 Å². The van der Waals surface area contributed by atoms with Gasteiger partial charge in [0, 0.05) is 0 Å². The van der Waals surface area contributed by atoms with Crippen molar-refractivity contribution in [2.75, 3.05) is 0 Å². The molecule has 0 aliphatic carbocycles. The van der Waals surface area contributed by atoms with Gasteiger partial charge in [-0.25, -0.2) is 0 Å². The van der Waals surface area contributed by atoms with E-state index in [9.17, 15) is 0 Å². The fourth-order valence-corrected chi connectivity index (χ4v) is 6.47. The van der Waals surface area contributed by atoms with Crippen molar-refractivity contribution in [3.63, 3.8) is 0 Å². The third kappa shape index (κ3) is 7.85. The van der Waals surface area contributed by atoms with Gasteiger partial charge < -0.3 is 7.43 Å². The molecule has 0 amide bonds. The summed E-state index contributed by atoms with van der Waals surface area (Å²) in [6.45, 7) is 0. The van der Waals surface area contributed by atoms with Crippen LogP contribution < -0.4 is 0 Å². The Bertz CT molecular complexity index is 1010. The predicted octanol–water partition coefficient (Wildman–Crippen LogP) is 8.33. The third-order valence-corrected chi connectivity index (χ3v) is 7.94. The van der Waals surface area contributed by atoms with Gasteiger partial charge in [0.2, 0.25) is 0 Å². The second-order valence-electron chi connectivity index (χ2n) is 6.15. The topological polar surface area (TPSA) is 0 Å². The molecule has 0 heterocycles. The van der Waals surface area contributed by atoms with Gasteiger partial charge >= 0.3 is 75.4 Å². The van der Waals surface area contributed by atoms with E-state index >= 15 is 0 Å². The van der Waals surface area contributed by atoms with Crippen LogP contribution in [0.15, 0.2) is 115 Å². The van der Waals surface area contributed by atoms with E-state index in [0.717, 1.165) is 5.56 Å². The van der Waals surface area contributed by atoms with Crippen LogP contribution in [0.3, 0.4) is 0 Å². The second kappa shape index (κ2) is 12.7. The smallest absolute Gasteiger partial charge is 0.0809 e. The molecule has 0 atom stereocenters. The van der Waals surface area contributed by atoms with Gasteiger partial charge in [0.05, 0.1) is 0 Å². The van der Waals surface area contributed by atoms with Gasteiger partial charge in [0.1, 0.15) is 0 Å². The number of halogens is 2. The normalized spacial score (nSPS) is 9.45. The van der Waals surface area contributed by atoms with E-state index in [0.29, 0.717) is 0 Å². The van der Waals surface area contributed by atoms with Crippen LogP contribution in [0.4, 0.5) is 0 Å². The minimum absolute atomic E-state index is 0. The molecule has 5 aromatic carbocycles. The SMILES string of the molecule is [CH3-].[Cl][Hf]([Cl])=[CH]c1ccccc1.c1ccc2[cH-]ccc2c1.c1ccc2[cH-]ccc2c1. The van der Waals surface area contributed by atoms with Crippen molar-refractivity contribution < 1.29 is 18.6 Å². The van der Waals surface area contributed by atoms with Gasteiger partial charge in [-0.3, -0.25) is 0 Å². The van der Waals surface area contributed by atoms with Crippen molar-refractivity contribution in [3.05, 3.63) is 128 Å². The number of benzene rings is 3. The monoisotopic (exact) mass is 585 g/mol. The summed E-state index contributed by atoms with van der Waals surface area (Å²) >= 11 is -2.20. The molecule has 3 heteroatoms. The van der Waals surface area contributed by atoms with Gasteiger partial charge in [-0.15, -0.1) is 59.3 Å². The number of hydrogen-bond donors (Lipinski definition) is 0. The first-order chi connectivity index (χ1) is 13.7. The Morgan fingerprint density at radius 1 is 0.586 bits per heavy atom. The molecule has 0 N–H and O–H groups in total. The minimum atomic E-state index is -2.20. The zero-order chi connectivity index (χ0) is 19.6. The average molecular weight is 585 g/mol. The molecule has 0 saturated carbocycles. The molecule has 0 spiro atoms. The fraction of sp³-hybridized carbons (Fsp3) is 0. The van der Waals surface area contributed by atoms with Gasteiger partial charge in [-0.1, -0.05) is 12.1 Å². The molecular formula is C26H23Cl2Hf-3. The van der Waals surface area contributed by atoms with Gasteiger partial charge in [0.15, 0.2) is 0 Å². The van der Waals surface area contributed by atoms with Crippen LogP contribution in [-0.4, -0.2) is 3.76 Å². The molecule has 0 nitrogen and oxygen atoms in total. The number of hydrogen-bond acceptors (Lipinski definition) is 0. The zero-order valence-corrected chi connectivity index (χ0v) is 21.4. The third-order valence-electron chi connectivity index (χ3n) is 4.17. The Hall–Kier alpha value is -1.80. The summed E-state index contributed by atoms with van der Waals surface area (Å²) < 4.78 is 1.99. The molecule has 0 unspecified atom stereocenters. The van der Waals surface area contributed by atoms with Crippen LogP contribution in [0.25, 0.3) is 21.5 Å². The Morgan fingerprint density at radius 3 is 1.48 bits per heavy atom. The molecule has 0 aromatic heterocycles. The molecular weight excluding hydrogens is 562 g/mol. The van der Waals surface area contributed by atoms with Crippen LogP contribution in [-0.2, 0) is 18.6 Å². The summed E-state index contributed by atoms with van der Waals surface area (Å²) in [5.74, 6) is 0. The van der Waals surface area contributed by atoms with Crippen molar-refractivity contribution in [1.82, 2.24) is 0 Å². The van der Waals surface area contributed by atoms with E-state index in [4.69, 9.17) is 17.2 Å². The van der Waals surface area contributed by atoms with E-state index in [-0.39, 0.29) is 7.43 Å². The summed E-state index contributed by atoms with van der Waals surface area (Å²) in [7, 11) is 11.5. The second-order valence-corrected chi connectivity index (χ2v) is 17.5. The first-order valence-electron chi connectivity index (χ1n) is 9.01. The summed E-state index contributed by atoms with van der Waals surface area (Å²) in [5.41, 5.74) is 1.15. The standard InChI is InChI=1S/2C9H7.C7H6.CH3.2ClH.Hf/c2*1-2-5-9-7-3-6-8(9)4-1;1-7-5-3-2-4-6-7;;;;/h2*1-7H;1-6H;1H3;2*1H;/q2*-1;;-1;;;+2/p-2. The first-order valence-corrected chi connectivity index (χ1v) is 20.0. The molecule has 5 aromatic rings. The Kier molecular flexibility index (Phi) is 10.3. The van der Waals surface area contributed by atoms with Crippen molar-refractivity contribution in [3.8, 4) is 0 Å². The fourth-order valence-electron chi connectivity index (χ4n) is 2.82. The van der Waals surface area contributed by atoms with Crippen LogP contribution in [0.1, 0.15) is 5.56 Å². The van der Waals surface area contributed by atoms with E-state index in [2.05, 4.69) is 84.9 Å². The molecule has 5 rings (SSSR count). The molecule has 148 valence electrons. The minimum Gasteiger partial charge on any atom is -0.168 e. The summed E-state index contributed by atoms with van der Waals surface area (Å²) in [5, 5.41) is 5.32. The number of rotatable bonds is 1. The van der Waals surface area contributed by atoms with Gasteiger partial charge in [0.25, 0.3) is 0 Å². The van der Waals surface area contributed by atoms with E-state index < -0.39 is 18.6 Å². The Morgan fingerprint density at radius 2 is 1.03 bits per heavy atom. The number of fused-ring (bicyclic) bond motifs is 2. The Labute approximate surface area is 188 Å². The zero-order valence-electron chi connectivity index (χ0n) is 16.3. The Balaban J connectivity index is 0.000000153. The van der Waals surface area contributed by atoms with E-state index in [1.807, 2.05) is 34.1 Å². The molecule has 0 fully saturated rings. The molecule has 0 bridgehead atoms. The largest absolute Gasteiger partial charge is 0.168 e. The van der Waals surface area contributed by atoms with Crippen LogP contribution in [0.2, 0.25) is 0 Å². The predicted molar refractivity (Wildman–Crippen MR) is 129 cm³/mol. The van der Waals surface area contributed by atoms with Gasteiger partial charge in [-0.2, -0.15) is 35.0 Å². The van der Waals surface area contributed by atoms with E-state index in [1.165, 1.54) is 21.5 Å². The maximum atomic E-state index is 5.74. The first kappa shape index (κ1) is 23.5. The van der Waals surface area contributed by atoms with Crippen LogP contribution in [0.5, 0.6) is 0 Å². The molecule has 0 aliphatic heterocycles. The van der Waals surface area contributed by atoms with E-state index in [1.54, 1.807) is 0 Å².